The van der Waals surface area contributed by atoms with E-state index >= 15 is 0 Å². The van der Waals surface area contributed by atoms with Crippen molar-refractivity contribution < 1.29 is 9.84 Å². The third kappa shape index (κ3) is 3.45. The number of aromatic nitrogens is 1. The van der Waals surface area contributed by atoms with E-state index in [0.717, 1.165) is 49.4 Å². The second kappa shape index (κ2) is 6.91. The highest BCUT2D eigenvalue weighted by molar-refractivity contribution is 9.10. The minimum absolute atomic E-state index is 0.368. The largest absolute Gasteiger partial charge is 0.506 e. The number of benzene rings is 1. The van der Waals surface area contributed by atoms with Crippen molar-refractivity contribution in [1.82, 2.24) is 14.4 Å². The molecule has 1 saturated carbocycles. The van der Waals surface area contributed by atoms with Crippen LogP contribution in [0.2, 0.25) is 0 Å². The molecule has 2 fully saturated rings. The zero-order valence-corrected chi connectivity index (χ0v) is 16.5. The molecule has 1 aromatic heterocycles. The first-order valence-corrected chi connectivity index (χ1v) is 9.83. The van der Waals surface area contributed by atoms with Crippen molar-refractivity contribution in [2.24, 2.45) is 0 Å². The standard InChI is InChI=1S/C19H26BrN3O2/c1-21(2)12-16-15-9-14(11-22-5-7-25-8-6-22)23(13-3-4-13)18(15)10-17(20)19(16)24/h9-10,13,24H,3-8,11-12H2,1-2H3. The van der Waals surface area contributed by atoms with E-state index in [0.29, 0.717) is 11.8 Å². The number of aromatic hydroxyl groups is 1. The summed E-state index contributed by atoms with van der Waals surface area (Å²) in [6, 6.07) is 5.00. The Morgan fingerprint density at radius 1 is 1.24 bits per heavy atom. The number of phenols is 1. The van der Waals surface area contributed by atoms with E-state index in [1.54, 1.807) is 0 Å². The number of hydrogen-bond acceptors (Lipinski definition) is 4. The zero-order valence-electron chi connectivity index (χ0n) is 15.0. The van der Waals surface area contributed by atoms with E-state index in [4.69, 9.17) is 4.74 Å². The van der Waals surface area contributed by atoms with Gasteiger partial charge < -0.3 is 19.3 Å². The Morgan fingerprint density at radius 3 is 2.60 bits per heavy atom. The van der Waals surface area contributed by atoms with Crippen molar-refractivity contribution >= 4 is 26.8 Å². The molecule has 2 heterocycles. The van der Waals surface area contributed by atoms with E-state index in [1.807, 2.05) is 14.1 Å². The molecule has 25 heavy (non-hydrogen) atoms. The maximum Gasteiger partial charge on any atom is 0.135 e. The van der Waals surface area contributed by atoms with Gasteiger partial charge in [-0.1, -0.05) is 0 Å². The highest BCUT2D eigenvalue weighted by Gasteiger charge is 2.29. The van der Waals surface area contributed by atoms with E-state index in [1.165, 1.54) is 29.4 Å². The van der Waals surface area contributed by atoms with Crippen molar-refractivity contribution in [2.75, 3.05) is 40.4 Å². The van der Waals surface area contributed by atoms with Gasteiger partial charge >= 0.3 is 0 Å². The highest BCUT2D eigenvalue weighted by atomic mass is 79.9. The van der Waals surface area contributed by atoms with Crippen molar-refractivity contribution in [1.29, 1.82) is 0 Å². The number of rotatable bonds is 5. The number of nitrogens with zero attached hydrogens (tertiary/aromatic N) is 3. The van der Waals surface area contributed by atoms with Crippen LogP contribution in [0.3, 0.4) is 0 Å². The molecule has 1 saturated heterocycles. The first kappa shape index (κ1) is 17.3. The van der Waals surface area contributed by atoms with Crippen molar-refractivity contribution in [3.8, 4) is 5.75 Å². The molecule has 5 nitrogen and oxygen atoms in total. The van der Waals surface area contributed by atoms with Gasteiger partial charge in [0.1, 0.15) is 5.75 Å². The molecule has 2 aromatic rings. The summed E-state index contributed by atoms with van der Waals surface area (Å²) in [6.45, 7) is 5.31. The molecule has 0 atom stereocenters. The van der Waals surface area contributed by atoms with Crippen molar-refractivity contribution in [3.05, 3.63) is 27.9 Å². The van der Waals surface area contributed by atoms with E-state index in [-0.39, 0.29) is 0 Å². The van der Waals surface area contributed by atoms with Gasteiger partial charge in [-0.3, -0.25) is 4.90 Å². The third-order valence-corrected chi connectivity index (χ3v) is 5.74. The van der Waals surface area contributed by atoms with Gasteiger partial charge in [0.2, 0.25) is 0 Å². The Morgan fingerprint density at radius 2 is 1.96 bits per heavy atom. The Kier molecular flexibility index (Phi) is 4.79. The summed E-state index contributed by atoms with van der Waals surface area (Å²) in [5.74, 6) is 0.368. The summed E-state index contributed by atoms with van der Waals surface area (Å²) in [7, 11) is 4.08. The monoisotopic (exact) mass is 407 g/mol. The molecular formula is C19H26BrN3O2. The van der Waals surface area contributed by atoms with Crippen LogP contribution < -0.4 is 0 Å². The lowest BCUT2D eigenvalue weighted by Gasteiger charge is -2.27. The molecule has 6 heteroatoms. The third-order valence-electron chi connectivity index (χ3n) is 5.13. The molecule has 1 N–H and O–H groups in total. The van der Waals surface area contributed by atoms with Crippen LogP contribution in [0.25, 0.3) is 10.9 Å². The van der Waals surface area contributed by atoms with Crippen LogP contribution in [-0.2, 0) is 17.8 Å². The highest BCUT2D eigenvalue weighted by Crippen LogP contribution is 2.44. The number of morpholine rings is 1. The summed E-state index contributed by atoms with van der Waals surface area (Å²) in [4.78, 5) is 4.58. The van der Waals surface area contributed by atoms with Crippen LogP contribution >= 0.6 is 15.9 Å². The second-order valence-electron chi connectivity index (χ2n) is 7.48. The number of phenolic OH excluding ortho intramolecular Hbond substituents is 1. The maximum absolute atomic E-state index is 10.6. The average molecular weight is 408 g/mol. The lowest BCUT2D eigenvalue weighted by atomic mass is 10.1. The minimum atomic E-state index is 0.368. The fourth-order valence-electron chi connectivity index (χ4n) is 3.79. The molecule has 4 rings (SSSR count). The van der Waals surface area contributed by atoms with Gasteiger partial charge in [0.15, 0.2) is 0 Å². The van der Waals surface area contributed by atoms with Crippen LogP contribution in [0.15, 0.2) is 16.6 Å². The topological polar surface area (TPSA) is 40.9 Å². The maximum atomic E-state index is 10.6. The first-order chi connectivity index (χ1) is 12.0. The molecule has 2 aliphatic rings. The van der Waals surface area contributed by atoms with Gasteiger partial charge in [-0.25, -0.2) is 0 Å². The van der Waals surface area contributed by atoms with E-state index in [9.17, 15) is 5.11 Å². The molecule has 0 bridgehead atoms. The molecule has 0 radical (unpaired) electrons. The second-order valence-corrected chi connectivity index (χ2v) is 8.34. The fourth-order valence-corrected chi connectivity index (χ4v) is 4.25. The predicted molar refractivity (Wildman–Crippen MR) is 103 cm³/mol. The molecule has 0 unspecified atom stereocenters. The molecule has 1 aliphatic carbocycles. The van der Waals surface area contributed by atoms with Gasteiger partial charge in [0.25, 0.3) is 0 Å². The molecule has 0 amide bonds. The number of hydrogen-bond donors (Lipinski definition) is 1. The summed E-state index contributed by atoms with van der Waals surface area (Å²) >= 11 is 3.56. The Bertz CT molecular complexity index is 777. The van der Waals surface area contributed by atoms with Crippen LogP contribution in [0.5, 0.6) is 5.75 Å². The zero-order chi connectivity index (χ0) is 17.6. The number of halogens is 1. The molecule has 136 valence electrons. The Labute approximate surface area is 157 Å². The Hall–Kier alpha value is -1.08. The molecule has 1 aliphatic heterocycles. The van der Waals surface area contributed by atoms with Crippen LogP contribution in [0, 0.1) is 0 Å². The van der Waals surface area contributed by atoms with Gasteiger partial charge in [-0.2, -0.15) is 0 Å². The summed E-state index contributed by atoms with van der Waals surface area (Å²) in [6.07, 6.45) is 2.50. The lowest BCUT2D eigenvalue weighted by molar-refractivity contribution is 0.0332. The summed E-state index contributed by atoms with van der Waals surface area (Å²) in [5, 5.41) is 11.8. The first-order valence-electron chi connectivity index (χ1n) is 9.03. The minimum Gasteiger partial charge on any atom is -0.506 e. The van der Waals surface area contributed by atoms with Gasteiger partial charge in [0.05, 0.1) is 23.2 Å². The predicted octanol–water partition coefficient (Wildman–Crippen LogP) is 3.34. The van der Waals surface area contributed by atoms with Gasteiger partial charge in [0, 0.05) is 48.9 Å². The van der Waals surface area contributed by atoms with Gasteiger partial charge in [-0.05, 0) is 55.0 Å². The fraction of sp³-hybridized carbons (Fsp3) is 0.579. The summed E-state index contributed by atoms with van der Waals surface area (Å²) in [5.41, 5.74) is 3.61. The van der Waals surface area contributed by atoms with E-state index < -0.39 is 0 Å². The van der Waals surface area contributed by atoms with Crippen LogP contribution in [0.1, 0.15) is 30.1 Å². The van der Waals surface area contributed by atoms with Crippen LogP contribution in [0.4, 0.5) is 0 Å². The number of ether oxygens (including phenoxy) is 1. The lowest BCUT2D eigenvalue weighted by Crippen LogP contribution is -2.36. The molecule has 1 aromatic carbocycles. The normalized spacial score (nSPS) is 19.2. The molecule has 0 spiro atoms. The SMILES string of the molecule is CN(C)Cc1c(O)c(Br)cc2c1cc(CN1CCOCC1)n2C1CC1. The van der Waals surface area contributed by atoms with Crippen LogP contribution in [-0.4, -0.2) is 59.9 Å². The van der Waals surface area contributed by atoms with Crippen molar-refractivity contribution in [2.45, 2.75) is 32.0 Å². The van der Waals surface area contributed by atoms with Crippen molar-refractivity contribution in [3.63, 3.8) is 0 Å². The van der Waals surface area contributed by atoms with Gasteiger partial charge in [-0.15, -0.1) is 0 Å². The Balaban J connectivity index is 1.80. The average Bonchev–Trinajstić information content (AvgIpc) is 3.35. The summed E-state index contributed by atoms with van der Waals surface area (Å²) < 4.78 is 8.78. The molecular weight excluding hydrogens is 382 g/mol. The quantitative estimate of drug-likeness (QED) is 0.824. The smallest absolute Gasteiger partial charge is 0.135 e. The van der Waals surface area contributed by atoms with E-state index in [2.05, 4.69) is 42.4 Å². The number of fused-ring (bicyclic) bond motifs is 1.